The van der Waals surface area contributed by atoms with Gasteiger partial charge in [0.1, 0.15) is 0 Å². The maximum Gasteiger partial charge on any atom is 0.261 e. The maximum absolute atomic E-state index is 12.0. The molecule has 3 rings (SSSR count). The normalized spacial score (nSPS) is 12.4. The SMILES string of the molecule is O=C(NCC(O)c1ccccc1)c1cc2sccc2s1. The molecule has 2 heterocycles. The highest BCUT2D eigenvalue weighted by Gasteiger charge is 2.13. The number of hydrogen-bond donors (Lipinski definition) is 2. The third kappa shape index (κ3) is 2.75. The Balaban J connectivity index is 1.63. The Labute approximate surface area is 124 Å². The van der Waals surface area contributed by atoms with Crippen LogP contribution in [-0.2, 0) is 0 Å². The van der Waals surface area contributed by atoms with E-state index in [1.807, 2.05) is 47.8 Å². The van der Waals surface area contributed by atoms with Gasteiger partial charge in [-0.05, 0) is 23.1 Å². The highest BCUT2D eigenvalue weighted by molar-refractivity contribution is 7.27. The van der Waals surface area contributed by atoms with E-state index >= 15 is 0 Å². The summed E-state index contributed by atoms with van der Waals surface area (Å²) in [6.07, 6.45) is -0.679. The Morgan fingerprint density at radius 1 is 1.20 bits per heavy atom. The van der Waals surface area contributed by atoms with E-state index in [1.54, 1.807) is 11.3 Å². The van der Waals surface area contributed by atoms with E-state index in [4.69, 9.17) is 0 Å². The number of fused-ring (bicyclic) bond motifs is 1. The van der Waals surface area contributed by atoms with Crippen LogP contribution in [0.5, 0.6) is 0 Å². The Morgan fingerprint density at radius 3 is 2.75 bits per heavy atom. The number of aliphatic hydroxyl groups excluding tert-OH is 1. The summed E-state index contributed by atoms with van der Waals surface area (Å²) in [5, 5.41) is 14.8. The van der Waals surface area contributed by atoms with Crippen molar-refractivity contribution >= 4 is 38.0 Å². The van der Waals surface area contributed by atoms with Crippen LogP contribution in [0.4, 0.5) is 0 Å². The molecule has 0 aliphatic carbocycles. The fraction of sp³-hybridized carbons (Fsp3) is 0.133. The third-order valence-corrected chi connectivity index (χ3v) is 5.10. The summed E-state index contributed by atoms with van der Waals surface area (Å²) < 4.78 is 2.26. The summed E-state index contributed by atoms with van der Waals surface area (Å²) in [5.74, 6) is -0.131. The molecule has 3 aromatic rings. The number of hydrogen-bond acceptors (Lipinski definition) is 4. The van der Waals surface area contributed by atoms with Crippen LogP contribution in [0.15, 0.2) is 47.8 Å². The van der Waals surface area contributed by atoms with Gasteiger partial charge in [-0.2, -0.15) is 0 Å². The van der Waals surface area contributed by atoms with E-state index in [9.17, 15) is 9.90 Å². The summed E-state index contributed by atoms with van der Waals surface area (Å²) in [5.41, 5.74) is 0.806. The number of thiophene rings is 2. The van der Waals surface area contributed by atoms with Crippen molar-refractivity contribution in [3.8, 4) is 0 Å². The molecule has 3 nitrogen and oxygen atoms in total. The third-order valence-electron chi connectivity index (χ3n) is 3.00. The van der Waals surface area contributed by atoms with E-state index in [2.05, 4.69) is 5.32 Å². The van der Waals surface area contributed by atoms with Gasteiger partial charge in [-0.15, -0.1) is 22.7 Å². The summed E-state index contributed by atoms with van der Waals surface area (Å²) >= 11 is 3.10. The molecule has 0 aliphatic rings. The number of carbonyl (C=O) groups is 1. The lowest BCUT2D eigenvalue weighted by atomic mass is 10.1. The quantitative estimate of drug-likeness (QED) is 0.776. The zero-order valence-corrected chi connectivity index (χ0v) is 12.2. The highest BCUT2D eigenvalue weighted by Crippen LogP contribution is 2.29. The molecule has 2 N–H and O–H groups in total. The predicted molar refractivity (Wildman–Crippen MR) is 83.4 cm³/mol. The minimum atomic E-state index is -0.679. The summed E-state index contributed by atoms with van der Waals surface area (Å²) in [7, 11) is 0. The van der Waals surface area contributed by atoms with Crippen LogP contribution >= 0.6 is 22.7 Å². The number of carbonyl (C=O) groups excluding carboxylic acids is 1. The van der Waals surface area contributed by atoms with Gasteiger partial charge in [0.2, 0.25) is 0 Å². The average Bonchev–Trinajstić information content (AvgIpc) is 3.06. The Morgan fingerprint density at radius 2 is 2.00 bits per heavy atom. The fourth-order valence-electron chi connectivity index (χ4n) is 1.95. The lowest BCUT2D eigenvalue weighted by Crippen LogP contribution is -2.27. The van der Waals surface area contributed by atoms with Gasteiger partial charge in [-0.25, -0.2) is 0 Å². The number of nitrogens with one attached hydrogen (secondary N) is 1. The van der Waals surface area contributed by atoms with E-state index in [-0.39, 0.29) is 12.5 Å². The highest BCUT2D eigenvalue weighted by atomic mass is 32.1. The van der Waals surface area contributed by atoms with Crippen molar-refractivity contribution < 1.29 is 9.90 Å². The van der Waals surface area contributed by atoms with Crippen LogP contribution in [0.1, 0.15) is 21.3 Å². The van der Waals surface area contributed by atoms with Gasteiger partial charge >= 0.3 is 0 Å². The zero-order chi connectivity index (χ0) is 13.9. The molecular formula is C15H13NO2S2. The van der Waals surface area contributed by atoms with E-state index < -0.39 is 6.10 Å². The van der Waals surface area contributed by atoms with E-state index in [0.717, 1.165) is 15.0 Å². The van der Waals surface area contributed by atoms with Gasteiger partial charge in [-0.1, -0.05) is 30.3 Å². The van der Waals surface area contributed by atoms with Gasteiger partial charge in [0, 0.05) is 15.9 Å². The molecular weight excluding hydrogens is 290 g/mol. The minimum absolute atomic E-state index is 0.131. The van der Waals surface area contributed by atoms with Crippen LogP contribution in [0.2, 0.25) is 0 Å². The number of rotatable bonds is 4. The van der Waals surface area contributed by atoms with Crippen molar-refractivity contribution in [3.63, 3.8) is 0 Å². The molecule has 102 valence electrons. The minimum Gasteiger partial charge on any atom is -0.387 e. The van der Waals surface area contributed by atoms with Crippen molar-refractivity contribution in [1.29, 1.82) is 0 Å². The molecule has 1 amide bonds. The molecule has 0 fully saturated rings. The molecule has 0 bridgehead atoms. The summed E-state index contributed by atoms with van der Waals surface area (Å²) in [4.78, 5) is 12.7. The van der Waals surface area contributed by atoms with Crippen LogP contribution in [0, 0.1) is 0 Å². The van der Waals surface area contributed by atoms with Gasteiger partial charge in [-0.3, -0.25) is 4.79 Å². The average molecular weight is 303 g/mol. The molecule has 0 saturated carbocycles. The smallest absolute Gasteiger partial charge is 0.261 e. The van der Waals surface area contributed by atoms with Crippen molar-refractivity contribution in [3.05, 3.63) is 58.3 Å². The second kappa shape index (κ2) is 5.75. The van der Waals surface area contributed by atoms with Crippen molar-refractivity contribution in [2.75, 3.05) is 6.54 Å². The topological polar surface area (TPSA) is 49.3 Å². The summed E-state index contributed by atoms with van der Waals surface area (Å²) in [6.45, 7) is 0.217. The molecule has 0 saturated heterocycles. The Bertz CT molecular complexity index is 689. The van der Waals surface area contributed by atoms with Crippen LogP contribution in [-0.4, -0.2) is 17.6 Å². The van der Waals surface area contributed by atoms with Gasteiger partial charge in [0.25, 0.3) is 5.91 Å². The fourth-order valence-corrected chi connectivity index (χ4v) is 3.97. The van der Waals surface area contributed by atoms with Crippen LogP contribution < -0.4 is 5.32 Å². The van der Waals surface area contributed by atoms with Gasteiger partial charge in [0.05, 0.1) is 11.0 Å². The Kier molecular flexibility index (Phi) is 3.82. The lowest BCUT2D eigenvalue weighted by molar-refractivity contribution is 0.0920. The first-order chi connectivity index (χ1) is 9.74. The van der Waals surface area contributed by atoms with Gasteiger partial charge in [0.15, 0.2) is 0 Å². The molecule has 0 spiro atoms. The van der Waals surface area contributed by atoms with Crippen LogP contribution in [0.25, 0.3) is 9.40 Å². The molecule has 0 radical (unpaired) electrons. The van der Waals surface area contributed by atoms with Crippen molar-refractivity contribution in [2.24, 2.45) is 0 Å². The summed E-state index contributed by atoms with van der Waals surface area (Å²) in [6, 6.07) is 13.2. The molecule has 0 aliphatic heterocycles. The molecule has 1 aromatic carbocycles. The monoisotopic (exact) mass is 303 g/mol. The number of benzene rings is 1. The van der Waals surface area contributed by atoms with Crippen molar-refractivity contribution in [1.82, 2.24) is 5.32 Å². The molecule has 2 aromatic heterocycles. The van der Waals surface area contributed by atoms with Crippen molar-refractivity contribution in [2.45, 2.75) is 6.10 Å². The first-order valence-electron chi connectivity index (χ1n) is 6.22. The molecule has 1 atom stereocenters. The standard InChI is InChI=1S/C15H13NO2S2/c17-11(10-4-2-1-3-5-10)9-16-15(18)14-8-13-12(20-14)6-7-19-13/h1-8,11,17H,9H2,(H,16,18). The second-order valence-electron chi connectivity index (χ2n) is 4.40. The maximum atomic E-state index is 12.0. The predicted octanol–water partition coefficient (Wildman–Crippen LogP) is 3.43. The van der Waals surface area contributed by atoms with Gasteiger partial charge < -0.3 is 10.4 Å². The van der Waals surface area contributed by atoms with Crippen LogP contribution in [0.3, 0.4) is 0 Å². The molecule has 1 unspecified atom stereocenters. The van der Waals surface area contributed by atoms with E-state index in [1.165, 1.54) is 11.3 Å². The molecule has 5 heteroatoms. The Hall–Kier alpha value is -1.69. The van der Waals surface area contributed by atoms with E-state index in [0.29, 0.717) is 4.88 Å². The molecule has 20 heavy (non-hydrogen) atoms. The first-order valence-corrected chi connectivity index (χ1v) is 7.92. The number of aliphatic hydroxyl groups is 1. The second-order valence-corrected chi connectivity index (χ2v) is 6.43. The lowest BCUT2D eigenvalue weighted by Gasteiger charge is -2.11. The largest absolute Gasteiger partial charge is 0.387 e. The first kappa shape index (κ1) is 13.3. The zero-order valence-electron chi connectivity index (χ0n) is 10.6. The number of amides is 1.